The lowest BCUT2D eigenvalue weighted by molar-refractivity contribution is 0.857. The van der Waals surface area contributed by atoms with Crippen molar-refractivity contribution in [2.24, 2.45) is 0 Å². The predicted molar refractivity (Wildman–Crippen MR) is 88.0 cm³/mol. The van der Waals surface area contributed by atoms with Crippen LogP contribution in [0.15, 0.2) is 72.1 Å². The van der Waals surface area contributed by atoms with Crippen LogP contribution in [-0.4, -0.2) is 21.0 Å². The van der Waals surface area contributed by atoms with Crippen LogP contribution in [0.25, 0.3) is 11.8 Å². The summed E-state index contributed by atoms with van der Waals surface area (Å²) in [5.74, 6) is 0. The van der Waals surface area contributed by atoms with Crippen molar-refractivity contribution < 1.29 is 0 Å². The Morgan fingerprint density at radius 1 is 1.00 bits per heavy atom. The first-order valence-electron chi connectivity index (χ1n) is 6.65. The van der Waals surface area contributed by atoms with Crippen LogP contribution in [0.1, 0.15) is 11.1 Å². The van der Waals surface area contributed by atoms with Gasteiger partial charge in [-0.25, -0.2) is 9.67 Å². The van der Waals surface area contributed by atoms with Crippen LogP contribution in [0.3, 0.4) is 0 Å². The van der Waals surface area contributed by atoms with Crippen LogP contribution in [0.2, 0.25) is 0 Å². The number of nitrogens with zero attached hydrogens (tertiary/aromatic N) is 3. The zero-order valence-corrected chi connectivity index (χ0v) is 12.5. The van der Waals surface area contributed by atoms with Crippen molar-refractivity contribution in [3.8, 4) is 0 Å². The van der Waals surface area contributed by atoms with Crippen LogP contribution in [-0.2, 0) is 0 Å². The molecule has 0 saturated heterocycles. The SMILES string of the molecule is CSc1ncn(/C(=C/c2ccccc2)c2ccccc2)n1. The molecule has 3 nitrogen and oxygen atoms in total. The third-order valence-corrected chi connectivity index (χ3v) is 3.62. The van der Waals surface area contributed by atoms with Crippen LogP contribution in [0, 0.1) is 0 Å². The monoisotopic (exact) mass is 293 g/mol. The minimum atomic E-state index is 0.768. The normalized spacial score (nSPS) is 11.6. The molecule has 104 valence electrons. The zero-order valence-electron chi connectivity index (χ0n) is 11.7. The summed E-state index contributed by atoms with van der Waals surface area (Å²) in [6.45, 7) is 0. The summed E-state index contributed by atoms with van der Waals surface area (Å²) in [6.07, 6.45) is 5.85. The molecule has 2 aromatic carbocycles. The molecule has 0 radical (unpaired) electrons. The molecular weight excluding hydrogens is 278 g/mol. The summed E-state index contributed by atoms with van der Waals surface area (Å²) in [7, 11) is 0. The van der Waals surface area contributed by atoms with Crippen LogP contribution >= 0.6 is 11.8 Å². The highest BCUT2D eigenvalue weighted by molar-refractivity contribution is 7.98. The summed E-state index contributed by atoms with van der Waals surface area (Å²) in [5.41, 5.74) is 3.26. The van der Waals surface area contributed by atoms with Crippen molar-refractivity contribution in [1.29, 1.82) is 0 Å². The maximum Gasteiger partial charge on any atom is 0.208 e. The average Bonchev–Trinajstić information content (AvgIpc) is 3.03. The molecule has 0 amide bonds. The highest BCUT2D eigenvalue weighted by Crippen LogP contribution is 2.20. The van der Waals surface area contributed by atoms with Crippen LogP contribution < -0.4 is 0 Å². The van der Waals surface area contributed by atoms with Gasteiger partial charge in [-0.2, -0.15) is 0 Å². The van der Waals surface area contributed by atoms with E-state index in [9.17, 15) is 0 Å². The molecule has 0 aliphatic rings. The van der Waals surface area contributed by atoms with Gasteiger partial charge in [0, 0.05) is 5.56 Å². The Bertz CT molecular complexity index is 733. The summed E-state index contributed by atoms with van der Waals surface area (Å²) < 4.78 is 1.83. The number of hydrogen-bond acceptors (Lipinski definition) is 3. The summed E-state index contributed by atoms with van der Waals surface area (Å²) >= 11 is 1.54. The van der Waals surface area contributed by atoms with Gasteiger partial charge in [0.15, 0.2) is 0 Å². The van der Waals surface area contributed by atoms with Gasteiger partial charge in [0.2, 0.25) is 5.16 Å². The quantitative estimate of drug-likeness (QED) is 0.537. The summed E-state index contributed by atoms with van der Waals surface area (Å²) in [6, 6.07) is 20.5. The number of hydrogen-bond donors (Lipinski definition) is 0. The maximum atomic E-state index is 4.50. The smallest absolute Gasteiger partial charge is 0.208 e. The lowest BCUT2D eigenvalue weighted by atomic mass is 10.1. The molecule has 0 saturated carbocycles. The number of rotatable bonds is 4. The van der Waals surface area contributed by atoms with E-state index in [0.29, 0.717) is 0 Å². The van der Waals surface area contributed by atoms with Gasteiger partial charge in [-0.05, 0) is 17.9 Å². The first-order chi connectivity index (χ1) is 10.4. The Morgan fingerprint density at radius 3 is 2.29 bits per heavy atom. The average molecular weight is 293 g/mol. The molecule has 0 atom stereocenters. The third kappa shape index (κ3) is 3.23. The molecule has 0 aliphatic heterocycles. The molecule has 0 spiro atoms. The van der Waals surface area contributed by atoms with Crippen molar-refractivity contribution in [3.05, 3.63) is 78.1 Å². The molecule has 21 heavy (non-hydrogen) atoms. The molecule has 3 aromatic rings. The fourth-order valence-electron chi connectivity index (χ4n) is 2.06. The summed E-state index contributed by atoms with van der Waals surface area (Å²) in [5, 5.41) is 5.27. The van der Waals surface area contributed by atoms with Crippen LogP contribution in [0.5, 0.6) is 0 Å². The molecule has 0 unspecified atom stereocenters. The van der Waals surface area contributed by atoms with Crippen molar-refractivity contribution in [2.75, 3.05) is 6.26 Å². The Labute approximate surface area is 128 Å². The van der Waals surface area contributed by atoms with E-state index in [1.54, 1.807) is 6.33 Å². The van der Waals surface area contributed by atoms with Crippen molar-refractivity contribution in [2.45, 2.75) is 5.16 Å². The van der Waals surface area contributed by atoms with Crippen molar-refractivity contribution in [3.63, 3.8) is 0 Å². The molecule has 1 heterocycles. The minimum Gasteiger partial charge on any atom is -0.219 e. The van der Waals surface area contributed by atoms with E-state index < -0.39 is 0 Å². The van der Waals surface area contributed by atoms with Gasteiger partial charge in [-0.1, -0.05) is 72.4 Å². The number of thioether (sulfide) groups is 1. The topological polar surface area (TPSA) is 30.7 Å². The fraction of sp³-hybridized carbons (Fsp3) is 0.0588. The second-order valence-electron chi connectivity index (χ2n) is 4.48. The van der Waals surface area contributed by atoms with Gasteiger partial charge in [0.25, 0.3) is 0 Å². The second-order valence-corrected chi connectivity index (χ2v) is 5.26. The lowest BCUT2D eigenvalue weighted by Crippen LogP contribution is -1.99. The van der Waals surface area contributed by atoms with Crippen LogP contribution in [0.4, 0.5) is 0 Å². The van der Waals surface area contributed by atoms with Gasteiger partial charge in [-0.3, -0.25) is 0 Å². The Balaban J connectivity index is 2.09. The lowest BCUT2D eigenvalue weighted by Gasteiger charge is -2.07. The van der Waals surface area contributed by atoms with E-state index in [1.807, 2.05) is 47.3 Å². The third-order valence-electron chi connectivity index (χ3n) is 3.07. The Hall–Kier alpha value is -2.33. The molecule has 1 aromatic heterocycles. The Morgan fingerprint density at radius 2 is 1.67 bits per heavy atom. The predicted octanol–water partition coefficient (Wildman–Crippen LogP) is 4.05. The highest BCUT2D eigenvalue weighted by atomic mass is 32.2. The molecule has 0 N–H and O–H groups in total. The molecule has 4 heteroatoms. The van der Waals surface area contributed by atoms with E-state index in [-0.39, 0.29) is 0 Å². The zero-order chi connectivity index (χ0) is 14.5. The number of benzene rings is 2. The first-order valence-corrected chi connectivity index (χ1v) is 7.87. The van der Waals surface area contributed by atoms with Gasteiger partial charge in [-0.15, -0.1) is 5.10 Å². The van der Waals surface area contributed by atoms with Gasteiger partial charge in [0.1, 0.15) is 6.33 Å². The first kappa shape index (κ1) is 13.6. The molecular formula is C17H15N3S. The van der Waals surface area contributed by atoms with Crippen molar-refractivity contribution in [1.82, 2.24) is 14.8 Å². The fourth-order valence-corrected chi connectivity index (χ4v) is 2.38. The molecule has 0 fully saturated rings. The van der Waals surface area contributed by atoms with E-state index in [2.05, 4.69) is 40.4 Å². The van der Waals surface area contributed by atoms with Crippen molar-refractivity contribution >= 4 is 23.5 Å². The number of aromatic nitrogens is 3. The highest BCUT2D eigenvalue weighted by Gasteiger charge is 2.07. The minimum absolute atomic E-state index is 0.768. The molecule has 0 aliphatic carbocycles. The van der Waals surface area contributed by atoms with E-state index >= 15 is 0 Å². The largest absolute Gasteiger partial charge is 0.219 e. The van der Waals surface area contributed by atoms with Gasteiger partial charge < -0.3 is 0 Å². The maximum absolute atomic E-state index is 4.50. The van der Waals surface area contributed by atoms with E-state index in [1.165, 1.54) is 11.8 Å². The summed E-state index contributed by atoms with van der Waals surface area (Å²) in [4.78, 5) is 4.30. The molecule has 3 rings (SSSR count). The Kier molecular flexibility index (Phi) is 4.17. The van der Waals surface area contributed by atoms with Gasteiger partial charge in [0.05, 0.1) is 5.70 Å². The standard InChI is InChI=1S/C17H15N3S/c1-21-17-18-13-20(19-17)16(15-10-6-3-7-11-15)12-14-8-4-2-5-9-14/h2-13H,1H3/b16-12+. The van der Waals surface area contributed by atoms with E-state index in [0.717, 1.165) is 22.0 Å². The van der Waals surface area contributed by atoms with E-state index in [4.69, 9.17) is 0 Å². The van der Waals surface area contributed by atoms with Gasteiger partial charge >= 0.3 is 0 Å². The molecule has 0 bridgehead atoms. The second kappa shape index (κ2) is 6.41.